The highest BCUT2D eigenvalue weighted by atomic mass is 32.2. The third-order valence-corrected chi connectivity index (χ3v) is 5.04. The Balaban J connectivity index is 1.63. The molecule has 3 rings (SSSR count). The Kier molecular flexibility index (Phi) is 4.92. The molecule has 0 radical (unpaired) electrons. The molecular weight excluding hydrogens is 385 g/mol. The molecule has 1 N–H and O–H groups in total. The number of sulfonamides is 1. The molecule has 0 bridgehead atoms. The topological polar surface area (TPSA) is 84.8 Å². The Bertz CT molecular complexity index is 1020. The zero-order valence-corrected chi connectivity index (χ0v) is 14.5. The number of nitrogens with one attached hydrogen (secondary N) is 1. The fourth-order valence-electron chi connectivity index (χ4n) is 2.43. The maximum atomic E-state index is 12.7. The number of aliphatic imine (C=N–C) groups is 1. The van der Waals surface area contributed by atoms with Gasteiger partial charge in [0.15, 0.2) is 0 Å². The van der Waals surface area contributed by atoms with E-state index in [4.69, 9.17) is 4.74 Å². The molecule has 6 nitrogen and oxygen atoms in total. The van der Waals surface area contributed by atoms with Gasteiger partial charge in [-0.2, -0.15) is 13.2 Å². The number of carbonyl (C=O) groups is 1. The first-order valence-corrected chi connectivity index (χ1v) is 9.20. The summed E-state index contributed by atoms with van der Waals surface area (Å²) in [6.45, 7) is -0.0933. The second-order valence-corrected chi connectivity index (χ2v) is 7.23. The van der Waals surface area contributed by atoms with Crippen LogP contribution in [0.5, 0.6) is 5.75 Å². The maximum absolute atomic E-state index is 12.7. The first kappa shape index (κ1) is 18.9. The lowest BCUT2D eigenvalue weighted by molar-refractivity contribution is -0.139. The highest BCUT2D eigenvalue weighted by molar-refractivity contribution is 7.90. The maximum Gasteiger partial charge on any atom is 0.416 e. The quantitative estimate of drug-likeness (QED) is 0.634. The van der Waals surface area contributed by atoms with Gasteiger partial charge in [-0.3, -0.25) is 14.5 Å². The van der Waals surface area contributed by atoms with E-state index in [2.05, 4.69) is 9.71 Å². The fourth-order valence-corrected chi connectivity index (χ4v) is 3.68. The summed E-state index contributed by atoms with van der Waals surface area (Å²) in [4.78, 5) is 15.9. The van der Waals surface area contributed by atoms with Crippen LogP contribution in [0.1, 0.15) is 17.5 Å². The van der Waals surface area contributed by atoms with Gasteiger partial charge in [-0.1, -0.05) is 18.2 Å². The molecule has 0 fully saturated rings. The Morgan fingerprint density at radius 3 is 2.59 bits per heavy atom. The van der Waals surface area contributed by atoms with Crippen molar-refractivity contribution in [2.75, 3.05) is 6.54 Å². The molecule has 0 unspecified atom stereocenters. The van der Waals surface area contributed by atoms with E-state index in [1.807, 2.05) is 0 Å². The van der Waals surface area contributed by atoms with Crippen molar-refractivity contribution in [3.8, 4) is 5.75 Å². The number of amidine groups is 1. The van der Waals surface area contributed by atoms with Gasteiger partial charge in [0.25, 0.3) is 10.0 Å². The zero-order valence-electron chi connectivity index (χ0n) is 13.7. The van der Waals surface area contributed by atoms with Crippen molar-refractivity contribution >= 4 is 21.8 Å². The molecule has 0 saturated heterocycles. The minimum Gasteiger partial charge on any atom is -0.426 e. The second-order valence-electron chi connectivity index (χ2n) is 5.58. The number of alkyl halides is 3. The van der Waals surface area contributed by atoms with E-state index >= 15 is 0 Å². The number of rotatable bonds is 4. The summed E-state index contributed by atoms with van der Waals surface area (Å²) in [5.41, 5.74) is -0.534. The van der Waals surface area contributed by atoms with Gasteiger partial charge in [-0.15, -0.1) is 0 Å². The highest BCUT2D eigenvalue weighted by Crippen LogP contribution is 2.31. The van der Waals surface area contributed by atoms with Crippen molar-refractivity contribution in [3.05, 3.63) is 59.7 Å². The summed E-state index contributed by atoms with van der Waals surface area (Å²) in [5.74, 6) is -0.903. The van der Waals surface area contributed by atoms with Gasteiger partial charge >= 0.3 is 12.1 Å². The number of ether oxygens (including phenoxy) is 1. The first-order valence-electron chi connectivity index (χ1n) is 7.71. The summed E-state index contributed by atoms with van der Waals surface area (Å²) in [5, 5.41) is 0. The normalized spacial score (nSPS) is 16.6. The molecule has 0 amide bonds. The summed E-state index contributed by atoms with van der Waals surface area (Å²) in [6.07, 6.45) is -4.77. The SMILES string of the molecule is O=C(CCN=C1NS(=O)(=O)c2ccccc21)Oc1cccc(C(F)(F)F)c1. The van der Waals surface area contributed by atoms with E-state index in [1.54, 1.807) is 18.2 Å². The Labute approximate surface area is 152 Å². The van der Waals surface area contributed by atoms with Crippen LogP contribution in [0.4, 0.5) is 13.2 Å². The largest absolute Gasteiger partial charge is 0.426 e. The van der Waals surface area contributed by atoms with Crippen LogP contribution >= 0.6 is 0 Å². The molecular formula is C17H13F3N2O4S. The van der Waals surface area contributed by atoms with Crippen molar-refractivity contribution in [3.63, 3.8) is 0 Å². The van der Waals surface area contributed by atoms with Gasteiger partial charge in [0, 0.05) is 5.56 Å². The summed E-state index contributed by atoms with van der Waals surface area (Å²) in [7, 11) is -3.68. The number of benzene rings is 2. The standard InChI is InChI=1S/C17H13F3N2O4S/c18-17(19,20)11-4-3-5-12(10-11)26-15(23)8-9-21-16-13-6-1-2-7-14(13)27(24,25)22-16/h1-7,10H,8-9H2,(H,21,22). The van der Waals surface area contributed by atoms with E-state index in [0.29, 0.717) is 5.56 Å². The average Bonchev–Trinajstić information content (AvgIpc) is 2.86. The van der Waals surface area contributed by atoms with E-state index < -0.39 is 27.7 Å². The Morgan fingerprint density at radius 2 is 1.85 bits per heavy atom. The predicted molar refractivity (Wildman–Crippen MR) is 89.9 cm³/mol. The van der Waals surface area contributed by atoms with Gasteiger partial charge in [0.05, 0.1) is 23.4 Å². The van der Waals surface area contributed by atoms with Gasteiger partial charge < -0.3 is 4.74 Å². The lowest BCUT2D eigenvalue weighted by Gasteiger charge is -2.08. The number of halogens is 3. The molecule has 0 spiro atoms. The molecule has 0 aromatic heterocycles. The van der Waals surface area contributed by atoms with Crippen molar-refractivity contribution < 1.29 is 31.1 Å². The van der Waals surface area contributed by atoms with Gasteiger partial charge in [0.2, 0.25) is 0 Å². The summed E-state index contributed by atoms with van der Waals surface area (Å²) >= 11 is 0. The Hall–Kier alpha value is -2.88. The smallest absolute Gasteiger partial charge is 0.416 e. The van der Waals surface area contributed by atoms with E-state index in [-0.39, 0.29) is 29.4 Å². The molecule has 0 atom stereocenters. The lowest BCUT2D eigenvalue weighted by atomic mass is 10.2. The molecule has 1 aliphatic rings. The summed E-state index contributed by atoms with van der Waals surface area (Å²) < 4.78 is 69.0. The summed E-state index contributed by atoms with van der Waals surface area (Å²) in [6, 6.07) is 10.2. The molecule has 0 aliphatic carbocycles. The number of nitrogens with zero attached hydrogens (tertiary/aromatic N) is 1. The number of hydrogen-bond donors (Lipinski definition) is 1. The predicted octanol–water partition coefficient (Wildman–Crippen LogP) is 2.74. The average molecular weight is 398 g/mol. The lowest BCUT2D eigenvalue weighted by Crippen LogP contribution is -2.22. The molecule has 0 saturated carbocycles. The van der Waals surface area contributed by atoms with Gasteiger partial charge in [-0.05, 0) is 30.3 Å². The van der Waals surface area contributed by atoms with Crippen LogP contribution in [0.25, 0.3) is 0 Å². The number of carbonyl (C=O) groups excluding carboxylic acids is 1. The highest BCUT2D eigenvalue weighted by Gasteiger charge is 2.31. The Morgan fingerprint density at radius 1 is 1.11 bits per heavy atom. The fraction of sp³-hybridized carbons (Fsp3) is 0.176. The van der Waals surface area contributed by atoms with Crippen LogP contribution in [0.15, 0.2) is 58.4 Å². The van der Waals surface area contributed by atoms with Crippen LogP contribution in [0.3, 0.4) is 0 Å². The van der Waals surface area contributed by atoms with Crippen LogP contribution < -0.4 is 9.46 Å². The minimum atomic E-state index is -4.54. The van der Waals surface area contributed by atoms with Crippen molar-refractivity contribution in [1.29, 1.82) is 0 Å². The molecule has 1 heterocycles. The first-order chi connectivity index (χ1) is 12.7. The third-order valence-electron chi connectivity index (χ3n) is 3.64. The molecule has 10 heteroatoms. The number of fused-ring (bicyclic) bond motifs is 1. The van der Waals surface area contributed by atoms with Crippen LogP contribution in [-0.4, -0.2) is 26.8 Å². The van der Waals surface area contributed by atoms with E-state index in [0.717, 1.165) is 18.2 Å². The zero-order chi connectivity index (χ0) is 19.7. The third kappa shape index (κ3) is 4.27. The van der Waals surface area contributed by atoms with E-state index in [1.165, 1.54) is 12.1 Å². The van der Waals surface area contributed by atoms with E-state index in [9.17, 15) is 26.4 Å². The molecule has 2 aromatic rings. The van der Waals surface area contributed by atoms with Crippen LogP contribution in [0, 0.1) is 0 Å². The molecule has 142 valence electrons. The second kappa shape index (κ2) is 7.03. The number of hydrogen-bond acceptors (Lipinski definition) is 5. The number of esters is 1. The van der Waals surface area contributed by atoms with Crippen molar-refractivity contribution in [2.24, 2.45) is 4.99 Å². The van der Waals surface area contributed by atoms with Gasteiger partial charge in [0.1, 0.15) is 11.6 Å². The monoisotopic (exact) mass is 398 g/mol. The molecule has 1 aliphatic heterocycles. The van der Waals surface area contributed by atoms with Crippen LogP contribution in [0.2, 0.25) is 0 Å². The van der Waals surface area contributed by atoms with Gasteiger partial charge in [-0.25, -0.2) is 8.42 Å². The minimum absolute atomic E-state index is 0.0929. The van der Waals surface area contributed by atoms with Crippen molar-refractivity contribution in [2.45, 2.75) is 17.5 Å². The molecule has 27 heavy (non-hydrogen) atoms. The molecule has 2 aromatic carbocycles. The van der Waals surface area contributed by atoms with Crippen molar-refractivity contribution in [1.82, 2.24) is 4.72 Å². The van der Waals surface area contributed by atoms with Crippen LogP contribution in [-0.2, 0) is 21.0 Å².